The minimum Gasteiger partial charge on any atom is -0.343 e. The number of hydrogen-bond donors (Lipinski definition) is 1. The maximum Gasteiger partial charge on any atom is 0.0485 e. The third-order valence-electron chi connectivity index (χ3n) is 4.09. The van der Waals surface area contributed by atoms with Gasteiger partial charge in [-0.1, -0.05) is 18.2 Å². The number of aromatic nitrogens is 1. The van der Waals surface area contributed by atoms with Gasteiger partial charge < -0.3 is 9.88 Å². The number of rotatable bonds is 0. The number of para-hydroxylation sites is 1. The van der Waals surface area contributed by atoms with Crippen LogP contribution in [-0.2, 0) is 13.0 Å². The summed E-state index contributed by atoms with van der Waals surface area (Å²) >= 11 is 0. The summed E-state index contributed by atoms with van der Waals surface area (Å²) in [6.45, 7) is 2.35. The van der Waals surface area contributed by atoms with Gasteiger partial charge in [0.05, 0.1) is 0 Å². The summed E-state index contributed by atoms with van der Waals surface area (Å²) in [5.74, 6) is 0. The van der Waals surface area contributed by atoms with Crippen LogP contribution in [0.4, 0.5) is 0 Å². The zero-order valence-corrected chi connectivity index (χ0v) is 9.37. The van der Waals surface area contributed by atoms with Gasteiger partial charge in [0.2, 0.25) is 0 Å². The lowest BCUT2D eigenvalue weighted by Crippen LogP contribution is -2.33. The summed E-state index contributed by atoms with van der Waals surface area (Å²) in [6.07, 6.45) is 3.81. The van der Waals surface area contributed by atoms with Crippen LogP contribution in [0.2, 0.25) is 0 Å². The van der Waals surface area contributed by atoms with Crippen molar-refractivity contribution in [2.24, 2.45) is 0 Å². The molecule has 3 heterocycles. The van der Waals surface area contributed by atoms with Crippen molar-refractivity contribution in [3.05, 3.63) is 35.5 Å². The van der Waals surface area contributed by atoms with E-state index in [0.29, 0.717) is 6.04 Å². The molecule has 0 fully saturated rings. The zero-order valence-electron chi connectivity index (χ0n) is 9.37. The lowest BCUT2D eigenvalue weighted by Gasteiger charge is -2.30. The Morgan fingerprint density at radius 3 is 3.19 bits per heavy atom. The Labute approximate surface area is 95.3 Å². The van der Waals surface area contributed by atoms with Crippen LogP contribution in [-0.4, -0.2) is 11.1 Å². The van der Waals surface area contributed by atoms with Gasteiger partial charge in [0.1, 0.15) is 0 Å². The van der Waals surface area contributed by atoms with Gasteiger partial charge in [-0.3, -0.25) is 0 Å². The number of hydrogen-bond acceptors (Lipinski definition) is 1. The third-order valence-corrected chi connectivity index (χ3v) is 4.09. The van der Waals surface area contributed by atoms with Gasteiger partial charge in [-0.25, -0.2) is 0 Å². The van der Waals surface area contributed by atoms with Crippen molar-refractivity contribution >= 4 is 10.9 Å². The van der Waals surface area contributed by atoms with Gasteiger partial charge in [0.25, 0.3) is 0 Å². The highest BCUT2D eigenvalue weighted by Gasteiger charge is 2.29. The number of aryl methyl sites for hydroxylation is 1. The Bertz CT molecular complexity index is 506. The Balaban J connectivity index is 2.13. The van der Waals surface area contributed by atoms with Crippen molar-refractivity contribution in [1.82, 2.24) is 9.88 Å². The van der Waals surface area contributed by atoms with E-state index in [4.69, 9.17) is 0 Å². The molecule has 0 bridgehead atoms. The van der Waals surface area contributed by atoms with Crippen LogP contribution < -0.4 is 5.32 Å². The molecular weight excluding hydrogens is 196 g/mol. The van der Waals surface area contributed by atoms with Crippen LogP contribution in [0.5, 0.6) is 0 Å². The molecule has 0 saturated carbocycles. The molecule has 16 heavy (non-hydrogen) atoms. The van der Waals surface area contributed by atoms with Crippen molar-refractivity contribution in [3.63, 3.8) is 0 Å². The number of nitrogens with one attached hydrogen (secondary N) is 1. The highest BCUT2D eigenvalue weighted by atomic mass is 15.1. The molecule has 82 valence electrons. The minimum atomic E-state index is 0.616. The van der Waals surface area contributed by atoms with Crippen LogP contribution in [0.1, 0.15) is 30.1 Å². The standard InChI is InChI=1S/C14H16N2/c1-2-6-13-10(4-1)11-7-8-15-12-5-3-9-16(13)14(11)12/h1-2,4,6,12,15H,3,5,7-9H2. The second-order valence-electron chi connectivity index (χ2n) is 4.93. The topological polar surface area (TPSA) is 17.0 Å². The maximum atomic E-state index is 3.66. The molecule has 4 rings (SSSR count). The SMILES string of the molecule is c1ccc2c(c1)c1c3n2CCCC3NCC1. The highest BCUT2D eigenvalue weighted by Crippen LogP contribution is 2.37. The summed E-state index contributed by atoms with van der Waals surface area (Å²) in [6, 6.07) is 9.51. The van der Waals surface area contributed by atoms with E-state index in [0.717, 1.165) is 6.54 Å². The number of nitrogens with zero attached hydrogens (tertiary/aromatic N) is 1. The molecule has 0 aliphatic carbocycles. The molecule has 1 unspecified atom stereocenters. The second kappa shape index (κ2) is 3.11. The normalized spacial score (nSPS) is 23.4. The van der Waals surface area contributed by atoms with Crippen molar-refractivity contribution in [1.29, 1.82) is 0 Å². The van der Waals surface area contributed by atoms with Crippen molar-refractivity contribution < 1.29 is 0 Å². The molecule has 2 aliphatic heterocycles. The van der Waals surface area contributed by atoms with E-state index in [1.165, 1.54) is 36.7 Å². The monoisotopic (exact) mass is 212 g/mol. The van der Waals surface area contributed by atoms with E-state index in [1.54, 1.807) is 11.3 Å². The number of fused-ring (bicyclic) bond motifs is 3. The molecular formula is C14H16N2. The van der Waals surface area contributed by atoms with Gasteiger partial charge >= 0.3 is 0 Å². The van der Waals surface area contributed by atoms with Crippen molar-refractivity contribution in [2.75, 3.05) is 6.54 Å². The zero-order chi connectivity index (χ0) is 10.5. The predicted molar refractivity (Wildman–Crippen MR) is 65.6 cm³/mol. The molecule has 1 aromatic heterocycles. The largest absolute Gasteiger partial charge is 0.343 e. The van der Waals surface area contributed by atoms with E-state index in [9.17, 15) is 0 Å². The molecule has 0 amide bonds. The second-order valence-corrected chi connectivity index (χ2v) is 4.93. The summed E-state index contributed by atoms with van der Waals surface area (Å²) in [5, 5.41) is 5.15. The van der Waals surface area contributed by atoms with Gasteiger partial charge in [-0.05, 0) is 37.4 Å². The highest BCUT2D eigenvalue weighted by molar-refractivity contribution is 5.86. The van der Waals surface area contributed by atoms with Crippen LogP contribution >= 0.6 is 0 Å². The van der Waals surface area contributed by atoms with Gasteiger partial charge in [0, 0.05) is 29.2 Å². The van der Waals surface area contributed by atoms with E-state index >= 15 is 0 Å². The minimum absolute atomic E-state index is 0.616. The fraction of sp³-hybridized carbons (Fsp3) is 0.429. The molecule has 0 saturated heterocycles. The average Bonchev–Trinajstić information content (AvgIpc) is 2.68. The van der Waals surface area contributed by atoms with E-state index in [2.05, 4.69) is 34.1 Å². The number of benzene rings is 1. The van der Waals surface area contributed by atoms with Gasteiger partial charge in [-0.2, -0.15) is 0 Å². The average molecular weight is 212 g/mol. The molecule has 2 heteroatoms. The third kappa shape index (κ3) is 1.00. The summed E-state index contributed by atoms with van der Waals surface area (Å²) in [5.41, 5.74) is 4.64. The molecule has 1 N–H and O–H groups in total. The Hall–Kier alpha value is -1.28. The van der Waals surface area contributed by atoms with Gasteiger partial charge in [-0.15, -0.1) is 0 Å². The van der Waals surface area contributed by atoms with Crippen LogP contribution in [0.25, 0.3) is 10.9 Å². The smallest absolute Gasteiger partial charge is 0.0485 e. The first-order valence-electron chi connectivity index (χ1n) is 6.28. The van der Waals surface area contributed by atoms with E-state index in [1.807, 2.05) is 0 Å². The van der Waals surface area contributed by atoms with E-state index in [-0.39, 0.29) is 0 Å². The lowest BCUT2D eigenvalue weighted by atomic mass is 9.94. The quantitative estimate of drug-likeness (QED) is 0.710. The van der Waals surface area contributed by atoms with Gasteiger partial charge in [0.15, 0.2) is 0 Å². The van der Waals surface area contributed by atoms with Crippen molar-refractivity contribution in [3.8, 4) is 0 Å². The van der Waals surface area contributed by atoms with Crippen LogP contribution in [0.3, 0.4) is 0 Å². The van der Waals surface area contributed by atoms with Crippen LogP contribution in [0, 0.1) is 0 Å². The molecule has 0 spiro atoms. The molecule has 2 nitrogen and oxygen atoms in total. The Kier molecular flexibility index (Phi) is 1.71. The summed E-state index contributed by atoms with van der Waals surface area (Å²) in [4.78, 5) is 0. The predicted octanol–water partition coefficient (Wildman–Crippen LogP) is 2.62. The Morgan fingerprint density at radius 1 is 1.25 bits per heavy atom. The maximum absolute atomic E-state index is 3.66. The molecule has 1 atom stereocenters. The Morgan fingerprint density at radius 2 is 2.19 bits per heavy atom. The fourth-order valence-electron chi connectivity index (χ4n) is 3.46. The molecule has 2 aromatic rings. The molecule has 1 aromatic carbocycles. The molecule has 0 radical (unpaired) electrons. The van der Waals surface area contributed by atoms with Crippen molar-refractivity contribution in [2.45, 2.75) is 31.8 Å². The van der Waals surface area contributed by atoms with Crippen LogP contribution in [0.15, 0.2) is 24.3 Å². The summed E-state index contributed by atoms with van der Waals surface area (Å²) < 4.78 is 2.55. The van der Waals surface area contributed by atoms with E-state index < -0.39 is 0 Å². The first-order chi connectivity index (χ1) is 7.95. The molecule has 2 aliphatic rings. The first kappa shape index (κ1) is 8.82. The summed E-state index contributed by atoms with van der Waals surface area (Å²) in [7, 11) is 0. The lowest BCUT2D eigenvalue weighted by molar-refractivity contribution is 0.384. The first-order valence-corrected chi connectivity index (χ1v) is 6.28. The fourth-order valence-corrected chi connectivity index (χ4v) is 3.46.